The van der Waals surface area contributed by atoms with Crippen LogP contribution in [-0.4, -0.2) is 8.07 Å². The summed E-state index contributed by atoms with van der Waals surface area (Å²) in [5.41, 5.74) is 8.28. The number of benzene rings is 3. The molecule has 1 unspecified atom stereocenters. The Morgan fingerprint density at radius 2 is 1.14 bits per heavy atom. The van der Waals surface area contributed by atoms with Gasteiger partial charge in [-0.3, -0.25) is 0 Å². The van der Waals surface area contributed by atoms with E-state index in [1.165, 1.54) is 51.9 Å². The van der Waals surface area contributed by atoms with Crippen molar-refractivity contribution in [2.45, 2.75) is 75.7 Å². The minimum atomic E-state index is -2.83. The molecule has 0 spiro atoms. The van der Waals surface area contributed by atoms with Gasteiger partial charge in [-0.25, -0.2) is 0 Å². The predicted octanol–water partition coefficient (Wildman–Crippen LogP) is 10.1. The Hall–Kier alpha value is -1.93. The van der Waals surface area contributed by atoms with E-state index in [0.29, 0.717) is 3.72 Å². The van der Waals surface area contributed by atoms with Crippen molar-refractivity contribution in [2.24, 2.45) is 0 Å². The van der Waals surface area contributed by atoms with E-state index in [1.54, 1.807) is 22.3 Å². The van der Waals surface area contributed by atoms with Crippen LogP contribution in [0, 0.1) is 0 Å². The third kappa shape index (κ3) is 5.75. The molecule has 0 N–H and O–H groups in total. The van der Waals surface area contributed by atoms with Crippen LogP contribution in [0.1, 0.15) is 49.3 Å². The van der Waals surface area contributed by atoms with E-state index < -0.39 is 24.7 Å². The van der Waals surface area contributed by atoms with Crippen LogP contribution in [0.2, 0.25) is 28.9 Å². The van der Waals surface area contributed by atoms with Gasteiger partial charge in [-0.1, -0.05) is 0 Å². The molecule has 0 nitrogen and oxygen atoms in total. The molecule has 0 bridgehead atoms. The van der Waals surface area contributed by atoms with Crippen LogP contribution in [0.5, 0.6) is 0 Å². The first-order valence-corrected chi connectivity index (χ1v) is 22.0. The summed E-state index contributed by atoms with van der Waals surface area (Å²) in [5.74, 6) is 0. The van der Waals surface area contributed by atoms with Gasteiger partial charge < -0.3 is 0 Å². The first-order chi connectivity index (χ1) is 18.0. The van der Waals surface area contributed by atoms with Crippen LogP contribution in [0.4, 0.5) is 0 Å². The van der Waals surface area contributed by atoms with Crippen LogP contribution in [0.15, 0.2) is 114 Å². The number of hydrogen-bond acceptors (Lipinski definition) is 0. The molecule has 0 aromatic heterocycles. The summed E-state index contributed by atoms with van der Waals surface area (Å²) in [6, 6.07) is 37.4. The predicted molar refractivity (Wildman–Crippen MR) is 161 cm³/mol. The Morgan fingerprint density at radius 1 is 0.676 bits per heavy atom. The van der Waals surface area contributed by atoms with Gasteiger partial charge in [-0.2, -0.15) is 0 Å². The fraction of sp³-hybridized carbons (Fsp3) is 0.371. The van der Waals surface area contributed by atoms with Crippen LogP contribution < -0.4 is 0 Å². The standard InChI is InChI=1S/C14H23Si.3C7H7.Ti/c1-4-15(2,3)11-13-10-9-12-7-5-6-8-14(12)13;3*1-7-5-3-2-4-6-7;/h9-10H,4-8,11H2,1-3H3;3*2-6H,1H2;. The molecule has 0 saturated heterocycles. The Morgan fingerprint density at radius 3 is 1.59 bits per heavy atom. The molecule has 1 atom stereocenters. The fourth-order valence-electron chi connectivity index (χ4n) is 7.32. The van der Waals surface area contributed by atoms with Crippen LogP contribution in [0.3, 0.4) is 0 Å². The molecule has 3 aromatic rings. The fourth-order valence-corrected chi connectivity index (χ4v) is 22.7. The number of hydrogen-bond donors (Lipinski definition) is 0. The monoisotopic (exact) mass is 540 g/mol. The van der Waals surface area contributed by atoms with Gasteiger partial charge in [0.25, 0.3) is 0 Å². The van der Waals surface area contributed by atoms with Crippen molar-refractivity contribution in [3.63, 3.8) is 0 Å². The molecule has 2 heteroatoms. The van der Waals surface area contributed by atoms with Crippen molar-refractivity contribution in [1.29, 1.82) is 0 Å². The Labute approximate surface area is 230 Å². The third-order valence-electron chi connectivity index (χ3n) is 9.43. The van der Waals surface area contributed by atoms with Gasteiger partial charge in [0.15, 0.2) is 0 Å². The van der Waals surface area contributed by atoms with E-state index in [1.807, 2.05) is 5.57 Å². The van der Waals surface area contributed by atoms with Crippen LogP contribution in [-0.2, 0) is 30.8 Å². The van der Waals surface area contributed by atoms with Gasteiger partial charge in [0.1, 0.15) is 0 Å². The second-order valence-electron chi connectivity index (χ2n) is 12.5. The zero-order valence-electron chi connectivity index (χ0n) is 23.2. The van der Waals surface area contributed by atoms with Crippen molar-refractivity contribution >= 4 is 8.07 Å². The summed E-state index contributed by atoms with van der Waals surface area (Å²) in [6.07, 6.45) is 10.8. The van der Waals surface area contributed by atoms with Crippen molar-refractivity contribution in [1.82, 2.24) is 0 Å². The first kappa shape index (κ1) is 26.7. The SMILES string of the molecule is CC[Si](C)(C)C[C]1([Ti]([CH2]c2ccccc2)([CH2]c2ccccc2)[CH2]c2ccccc2)C=CC2=C1CCCC2. The molecule has 5 rings (SSSR count). The van der Waals surface area contributed by atoms with E-state index in [9.17, 15) is 0 Å². The van der Waals surface area contributed by atoms with Crippen molar-refractivity contribution < 1.29 is 16.6 Å². The molecule has 2 aliphatic rings. The maximum atomic E-state index is 2.82. The zero-order valence-corrected chi connectivity index (χ0v) is 25.7. The summed E-state index contributed by atoms with van der Waals surface area (Å²) < 4.78 is 4.17. The van der Waals surface area contributed by atoms with E-state index in [0.717, 1.165) is 0 Å². The molecule has 0 saturated carbocycles. The normalized spacial score (nSPS) is 19.8. The van der Waals surface area contributed by atoms with Gasteiger partial charge in [0, 0.05) is 0 Å². The molecule has 0 radical (unpaired) electrons. The van der Waals surface area contributed by atoms with Gasteiger partial charge in [0.05, 0.1) is 0 Å². The van der Waals surface area contributed by atoms with Crippen LogP contribution >= 0.6 is 0 Å². The molecule has 0 heterocycles. The Bertz CT molecular complexity index is 1120. The van der Waals surface area contributed by atoms with E-state index in [4.69, 9.17) is 0 Å². The average molecular weight is 541 g/mol. The van der Waals surface area contributed by atoms with Gasteiger partial charge in [-0.15, -0.1) is 0 Å². The minimum absolute atomic E-state index is 0.295. The molecule has 192 valence electrons. The average Bonchev–Trinajstić information content (AvgIpc) is 3.30. The van der Waals surface area contributed by atoms with Crippen molar-refractivity contribution in [3.8, 4) is 0 Å². The first-order valence-electron chi connectivity index (χ1n) is 14.5. The molecule has 0 aliphatic heterocycles. The quantitative estimate of drug-likeness (QED) is 0.224. The van der Waals surface area contributed by atoms with Gasteiger partial charge in [-0.05, 0) is 0 Å². The molecule has 3 aromatic carbocycles. The molecular weight excluding hydrogens is 496 g/mol. The summed E-state index contributed by atoms with van der Waals surface area (Å²) >= 11 is -2.83. The van der Waals surface area contributed by atoms with Gasteiger partial charge in [0.2, 0.25) is 0 Å². The second-order valence-corrected chi connectivity index (χ2v) is 24.9. The Balaban J connectivity index is 1.76. The molecule has 0 amide bonds. The number of rotatable bonds is 10. The molecule has 37 heavy (non-hydrogen) atoms. The molecular formula is C35H44SiTi. The second kappa shape index (κ2) is 11.4. The topological polar surface area (TPSA) is 0 Å². The third-order valence-corrected chi connectivity index (χ3v) is 22.5. The van der Waals surface area contributed by atoms with Crippen LogP contribution in [0.25, 0.3) is 0 Å². The Kier molecular flexibility index (Phi) is 8.25. The van der Waals surface area contributed by atoms with E-state index >= 15 is 0 Å². The van der Waals surface area contributed by atoms with Gasteiger partial charge >= 0.3 is 231 Å². The van der Waals surface area contributed by atoms with E-state index in [-0.39, 0.29) is 0 Å². The van der Waals surface area contributed by atoms with E-state index in [2.05, 4.69) is 123 Å². The zero-order chi connectivity index (χ0) is 25.8. The summed E-state index contributed by atoms with van der Waals surface area (Å²) in [4.78, 5) is 0. The summed E-state index contributed by atoms with van der Waals surface area (Å²) in [7, 11) is -1.39. The van der Waals surface area contributed by atoms with Crippen molar-refractivity contribution in [3.05, 3.63) is 131 Å². The van der Waals surface area contributed by atoms with Crippen molar-refractivity contribution in [2.75, 3.05) is 0 Å². The molecule has 2 aliphatic carbocycles. The number of allylic oxidation sites excluding steroid dienone is 4. The maximum absolute atomic E-state index is 2.83. The summed E-state index contributed by atoms with van der Waals surface area (Å²) in [5, 5.41) is 0. The molecule has 0 fully saturated rings. The summed E-state index contributed by atoms with van der Waals surface area (Å²) in [6.45, 7) is 7.81.